The Bertz CT molecular complexity index is 874. The summed E-state index contributed by atoms with van der Waals surface area (Å²) >= 11 is 0. The van der Waals surface area contributed by atoms with Crippen LogP contribution in [-0.2, 0) is 11.2 Å². The summed E-state index contributed by atoms with van der Waals surface area (Å²) in [7, 11) is 0. The Kier molecular flexibility index (Phi) is 3.60. The van der Waals surface area contributed by atoms with E-state index in [9.17, 15) is 18.8 Å². The molecule has 2 aliphatic heterocycles. The van der Waals surface area contributed by atoms with Gasteiger partial charge in [0.05, 0.1) is 16.8 Å². The predicted molar refractivity (Wildman–Crippen MR) is 88.9 cm³/mol. The lowest BCUT2D eigenvalue weighted by Crippen LogP contribution is -2.36. The van der Waals surface area contributed by atoms with Gasteiger partial charge < -0.3 is 4.90 Å². The van der Waals surface area contributed by atoms with Crippen LogP contribution >= 0.6 is 0 Å². The van der Waals surface area contributed by atoms with Crippen LogP contribution in [-0.4, -0.2) is 35.7 Å². The number of amides is 3. The molecule has 0 unspecified atom stereocenters. The summed E-state index contributed by atoms with van der Waals surface area (Å²) in [5, 5.41) is 0. The first-order chi connectivity index (χ1) is 12.1. The fourth-order valence-corrected chi connectivity index (χ4v) is 3.44. The van der Waals surface area contributed by atoms with Crippen LogP contribution in [0.3, 0.4) is 0 Å². The Morgan fingerprint density at radius 3 is 2.36 bits per heavy atom. The van der Waals surface area contributed by atoms with Gasteiger partial charge in [-0.1, -0.05) is 24.3 Å². The highest BCUT2D eigenvalue weighted by molar-refractivity contribution is 6.21. The normalized spacial score (nSPS) is 15.6. The van der Waals surface area contributed by atoms with E-state index in [1.165, 1.54) is 11.0 Å². The summed E-state index contributed by atoms with van der Waals surface area (Å²) in [4.78, 5) is 39.6. The molecule has 0 bridgehead atoms. The van der Waals surface area contributed by atoms with Gasteiger partial charge in [-0.05, 0) is 30.2 Å². The van der Waals surface area contributed by atoms with E-state index < -0.39 is 5.82 Å². The molecule has 0 atom stereocenters. The third kappa shape index (κ3) is 2.41. The van der Waals surface area contributed by atoms with Crippen molar-refractivity contribution in [1.82, 2.24) is 4.90 Å². The van der Waals surface area contributed by atoms with Gasteiger partial charge in [-0.3, -0.25) is 19.3 Å². The topological polar surface area (TPSA) is 57.7 Å². The average Bonchev–Trinajstić information content (AvgIpc) is 3.15. The Morgan fingerprint density at radius 1 is 1.00 bits per heavy atom. The molecule has 3 amide bonds. The van der Waals surface area contributed by atoms with Crippen LogP contribution in [0.1, 0.15) is 32.7 Å². The number of fused-ring (bicyclic) bond motifs is 2. The van der Waals surface area contributed by atoms with Crippen molar-refractivity contribution in [2.45, 2.75) is 12.8 Å². The lowest BCUT2D eigenvalue weighted by molar-refractivity contribution is -0.118. The van der Waals surface area contributed by atoms with Crippen LogP contribution in [0.25, 0.3) is 0 Å². The molecule has 2 aliphatic rings. The van der Waals surface area contributed by atoms with Gasteiger partial charge >= 0.3 is 0 Å². The predicted octanol–water partition coefficient (Wildman–Crippen LogP) is 2.40. The van der Waals surface area contributed by atoms with Crippen molar-refractivity contribution in [3.05, 3.63) is 65.0 Å². The number of hydrogen-bond donors (Lipinski definition) is 0. The van der Waals surface area contributed by atoms with Crippen LogP contribution in [0.15, 0.2) is 42.5 Å². The highest BCUT2D eigenvalue weighted by Gasteiger charge is 2.36. The fourth-order valence-electron chi connectivity index (χ4n) is 3.44. The van der Waals surface area contributed by atoms with E-state index in [2.05, 4.69) is 0 Å². The van der Waals surface area contributed by atoms with Gasteiger partial charge in [0.25, 0.3) is 11.8 Å². The van der Waals surface area contributed by atoms with Crippen LogP contribution in [0.5, 0.6) is 0 Å². The van der Waals surface area contributed by atoms with Gasteiger partial charge in [0, 0.05) is 19.5 Å². The molecule has 0 saturated carbocycles. The van der Waals surface area contributed by atoms with E-state index in [-0.39, 0.29) is 30.7 Å². The Hall–Kier alpha value is -3.02. The zero-order valence-electron chi connectivity index (χ0n) is 13.4. The summed E-state index contributed by atoms with van der Waals surface area (Å²) in [6.45, 7) is 0.405. The number of anilines is 1. The van der Waals surface area contributed by atoms with Gasteiger partial charge in [0.2, 0.25) is 5.91 Å². The fraction of sp³-hybridized carbons (Fsp3) is 0.211. The monoisotopic (exact) mass is 338 g/mol. The second-order valence-corrected chi connectivity index (χ2v) is 6.10. The summed E-state index contributed by atoms with van der Waals surface area (Å²) in [6.07, 6.45) is 0.574. The smallest absolute Gasteiger partial charge is 0.261 e. The van der Waals surface area contributed by atoms with E-state index in [0.29, 0.717) is 29.8 Å². The Balaban J connectivity index is 1.48. The van der Waals surface area contributed by atoms with Gasteiger partial charge in [0.15, 0.2) is 0 Å². The molecule has 0 N–H and O–H groups in total. The Labute approximate surface area is 143 Å². The summed E-state index contributed by atoms with van der Waals surface area (Å²) < 4.78 is 14.0. The number of para-hydroxylation sites is 1. The third-order valence-electron chi connectivity index (χ3n) is 4.67. The van der Waals surface area contributed by atoms with Crippen LogP contribution in [0, 0.1) is 5.82 Å². The largest absolute Gasteiger partial charge is 0.309 e. The number of nitrogens with zero attached hydrogens (tertiary/aromatic N) is 2. The standard InChI is InChI=1S/C19H15FN2O3/c20-15-7-3-4-12-8-10-21(17(12)15)16(23)9-11-22-18(24)13-5-1-2-6-14(13)19(22)25/h1-7H,8-11H2. The molecule has 2 heterocycles. The highest BCUT2D eigenvalue weighted by atomic mass is 19.1. The molecule has 126 valence electrons. The first-order valence-corrected chi connectivity index (χ1v) is 8.11. The number of carbonyl (C=O) groups excluding carboxylic acids is 3. The van der Waals surface area contributed by atoms with Crippen molar-refractivity contribution < 1.29 is 18.8 Å². The third-order valence-corrected chi connectivity index (χ3v) is 4.67. The van der Waals surface area contributed by atoms with Crippen molar-refractivity contribution >= 4 is 23.4 Å². The lowest BCUT2D eigenvalue weighted by atomic mass is 10.1. The highest BCUT2D eigenvalue weighted by Crippen LogP contribution is 2.31. The molecule has 4 rings (SSSR count). The van der Waals surface area contributed by atoms with Crippen molar-refractivity contribution in [1.29, 1.82) is 0 Å². The molecular formula is C19H15FN2O3. The molecule has 0 spiro atoms. The number of hydrogen-bond acceptors (Lipinski definition) is 3. The first-order valence-electron chi connectivity index (χ1n) is 8.11. The van der Waals surface area contributed by atoms with Crippen LogP contribution < -0.4 is 4.90 Å². The molecular weight excluding hydrogens is 323 g/mol. The van der Waals surface area contributed by atoms with Crippen molar-refractivity contribution in [2.24, 2.45) is 0 Å². The SMILES string of the molecule is O=C1c2ccccc2C(=O)N1CCC(=O)N1CCc2cccc(F)c21. The summed E-state index contributed by atoms with van der Waals surface area (Å²) in [6, 6.07) is 11.4. The maximum Gasteiger partial charge on any atom is 0.261 e. The minimum absolute atomic E-state index is 0.00847. The van der Waals surface area contributed by atoms with Gasteiger partial charge in [-0.2, -0.15) is 0 Å². The Morgan fingerprint density at radius 2 is 1.68 bits per heavy atom. The molecule has 0 fully saturated rings. The minimum Gasteiger partial charge on any atom is -0.309 e. The van der Waals surface area contributed by atoms with Crippen LogP contribution in [0.4, 0.5) is 10.1 Å². The quantitative estimate of drug-likeness (QED) is 0.808. The van der Waals surface area contributed by atoms with Crippen molar-refractivity contribution in [3.8, 4) is 0 Å². The first kappa shape index (κ1) is 15.5. The second kappa shape index (κ2) is 5.81. The van der Waals surface area contributed by atoms with E-state index in [4.69, 9.17) is 0 Å². The van der Waals surface area contributed by atoms with E-state index in [1.807, 2.05) is 0 Å². The van der Waals surface area contributed by atoms with Gasteiger partial charge in [-0.25, -0.2) is 4.39 Å². The summed E-state index contributed by atoms with van der Waals surface area (Å²) in [5.41, 5.74) is 1.83. The zero-order valence-corrected chi connectivity index (χ0v) is 13.4. The van der Waals surface area contributed by atoms with Gasteiger partial charge in [-0.15, -0.1) is 0 Å². The molecule has 0 aliphatic carbocycles. The molecule has 0 aromatic heterocycles. The maximum absolute atomic E-state index is 14.0. The average molecular weight is 338 g/mol. The molecule has 5 nitrogen and oxygen atoms in total. The number of imide groups is 1. The van der Waals surface area contributed by atoms with E-state index >= 15 is 0 Å². The second-order valence-electron chi connectivity index (χ2n) is 6.10. The number of rotatable bonds is 3. The van der Waals surface area contributed by atoms with Crippen LogP contribution in [0.2, 0.25) is 0 Å². The van der Waals surface area contributed by atoms with E-state index in [1.54, 1.807) is 36.4 Å². The molecule has 0 radical (unpaired) electrons. The molecule has 25 heavy (non-hydrogen) atoms. The molecule has 2 aromatic rings. The van der Waals surface area contributed by atoms with E-state index in [0.717, 1.165) is 10.5 Å². The number of halogens is 1. The number of carbonyl (C=O) groups is 3. The molecule has 2 aromatic carbocycles. The minimum atomic E-state index is -0.427. The maximum atomic E-state index is 14.0. The van der Waals surface area contributed by atoms with Crippen molar-refractivity contribution in [3.63, 3.8) is 0 Å². The molecule has 6 heteroatoms. The summed E-state index contributed by atoms with van der Waals surface area (Å²) in [5.74, 6) is -1.49. The number of benzene rings is 2. The van der Waals surface area contributed by atoms with Crippen molar-refractivity contribution in [2.75, 3.05) is 18.0 Å². The van der Waals surface area contributed by atoms with Gasteiger partial charge in [0.1, 0.15) is 5.82 Å². The molecule has 0 saturated heterocycles. The lowest BCUT2D eigenvalue weighted by Gasteiger charge is -2.20. The zero-order chi connectivity index (χ0) is 17.6.